The van der Waals surface area contributed by atoms with Gasteiger partial charge in [-0.15, -0.1) is 0 Å². The standard InChI is InChI=1S/C24H26N2O3S/c1-4-19-11-14-20(15-12-19)18(3)25-24(27)21-13-10-17(2)23(16-21)30(28,29)26-22-8-6-5-7-9-22/h5-16,18,26H,4H2,1-3H3,(H,25,27)/t18-/m1/s1. The maximum Gasteiger partial charge on any atom is 0.262 e. The third kappa shape index (κ3) is 5.07. The lowest BCUT2D eigenvalue weighted by Gasteiger charge is -2.16. The maximum atomic E-state index is 12.9. The van der Waals surface area contributed by atoms with E-state index in [1.165, 1.54) is 11.6 Å². The summed E-state index contributed by atoms with van der Waals surface area (Å²) in [5.41, 5.74) is 3.56. The Kier molecular flexibility index (Phi) is 6.57. The Morgan fingerprint density at radius 1 is 0.967 bits per heavy atom. The fourth-order valence-electron chi connectivity index (χ4n) is 3.15. The van der Waals surface area contributed by atoms with Crippen molar-refractivity contribution in [1.29, 1.82) is 0 Å². The summed E-state index contributed by atoms with van der Waals surface area (Å²) < 4.78 is 28.3. The Labute approximate surface area is 178 Å². The molecule has 0 spiro atoms. The highest BCUT2D eigenvalue weighted by Crippen LogP contribution is 2.22. The van der Waals surface area contributed by atoms with Crippen LogP contribution in [0.4, 0.5) is 5.69 Å². The molecule has 3 aromatic rings. The van der Waals surface area contributed by atoms with Crippen LogP contribution in [0.15, 0.2) is 77.7 Å². The van der Waals surface area contributed by atoms with Crippen LogP contribution in [0.25, 0.3) is 0 Å². The molecule has 0 aliphatic heterocycles. The van der Waals surface area contributed by atoms with Crippen molar-refractivity contribution in [2.24, 2.45) is 0 Å². The summed E-state index contributed by atoms with van der Waals surface area (Å²) in [5.74, 6) is -0.321. The molecule has 2 N–H and O–H groups in total. The quantitative estimate of drug-likeness (QED) is 0.572. The minimum Gasteiger partial charge on any atom is -0.346 e. The van der Waals surface area contributed by atoms with Gasteiger partial charge in [0.15, 0.2) is 0 Å². The second kappa shape index (κ2) is 9.13. The summed E-state index contributed by atoms with van der Waals surface area (Å²) in [4.78, 5) is 12.9. The number of para-hydroxylation sites is 1. The van der Waals surface area contributed by atoms with Crippen LogP contribution >= 0.6 is 0 Å². The summed E-state index contributed by atoms with van der Waals surface area (Å²) in [6.45, 7) is 5.71. The number of hydrogen-bond donors (Lipinski definition) is 2. The number of hydrogen-bond acceptors (Lipinski definition) is 3. The van der Waals surface area contributed by atoms with Gasteiger partial charge in [0.05, 0.1) is 10.9 Å². The van der Waals surface area contributed by atoms with E-state index < -0.39 is 10.0 Å². The molecule has 0 aliphatic rings. The van der Waals surface area contributed by atoms with Crippen molar-refractivity contribution in [1.82, 2.24) is 5.32 Å². The highest BCUT2D eigenvalue weighted by molar-refractivity contribution is 7.92. The van der Waals surface area contributed by atoms with Crippen LogP contribution in [-0.4, -0.2) is 14.3 Å². The average molecular weight is 423 g/mol. The third-order valence-corrected chi connectivity index (χ3v) is 6.52. The molecule has 0 unspecified atom stereocenters. The van der Waals surface area contributed by atoms with Crippen molar-refractivity contribution in [2.45, 2.75) is 38.1 Å². The third-order valence-electron chi connectivity index (χ3n) is 5.00. The second-order valence-corrected chi connectivity index (χ2v) is 8.89. The zero-order chi connectivity index (χ0) is 21.7. The maximum absolute atomic E-state index is 12.9. The lowest BCUT2D eigenvalue weighted by molar-refractivity contribution is 0.0939. The monoisotopic (exact) mass is 422 g/mol. The van der Waals surface area contributed by atoms with Crippen molar-refractivity contribution in [3.8, 4) is 0 Å². The Morgan fingerprint density at radius 2 is 1.63 bits per heavy atom. The van der Waals surface area contributed by atoms with Gasteiger partial charge < -0.3 is 5.32 Å². The van der Waals surface area contributed by atoms with Crippen molar-refractivity contribution in [2.75, 3.05) is 4.72 Å². The molecular weight excluding hydrogens is 396 g/mol. The van der Waals surface area contributed by atoms with Gasteiger partial charge >= 0.3 is 0 Å². The number of amides is 1. The van der Waals surface area contributed by atoms with E-state index in [0.717, 1.165) is 12.0 Å². The predicted octanol–water partition coefficient (Wildman–Crippen LogP) is 4.85. The summed E-state index contributed by atoms with van der Waals surface area (Å²) in [6, 6.07) is 21.3. The smallest absolute Gasteiger partial charge is 0.262 e. The minimum absolute atomic E-state index is 0.0824. The Bertz CT molecular complexity index is 1120. The van der Waals surface area contributed by atoms with E-state index in [1.807, 2.05) is 37.3 Å². The zero-order valence-corrected chi connectivity index (χ0v) is 18.2. The largest absolute Gasteiger partial charge is 0.346 e. The van der Waals surface area contributed by atoms with Gasteiger partial charge in [0.25, 0.3) is 15.9 Å². The van der Waals surface area contributed by atoms with Crippen LogP contribution in [0.3, 0.4) is 0 Å². The number of carbonyl (C=O) groups excluding carboxylic acids is 1. The van der Waals surface area contributed by atoms with Gasteiger partial charge in [0.2, 0.25) is 0 Å². The van der Waals surface area contributed by atoms with Crippen molar-refractivity contribution >= 4 is 21.6 Å². The van der Waals surface area contributed by atoms with Gasteiger partial charge in [-0.05, 0) is 61.2 Å². The van der Waals surface area contributed by atoms with Crippen LogP contribution in [0.5, 0.6) is 0 Å². The number of aryl methyl sites for hydroxylation is 2. The Hall–Kier alpha value is -3.12. The highest BCUT2D eigenvalue weighted by atomic mass is 32.2. The first-order valence-corrected chi connectivity index (χ1v) is 11.4. The number of carbonyl (C=O) groups is 1. The van der Waals surface area contributed by atoms with Crippen molar-refractivity contribution < 1.29 is 13.2 Å². The van der Waals surface area contributed by atoms with E-state index in [1.54, 1.807) is 43.3 Å². The van der Waals surface area contributed by atoms with E-state index in [4.69, 9.17) is 0 Å². The fourth-order valence-corrected chi connectivity index (χ4v) is 4.48. The van der Waals surface area contributed by atoms with Crippen LogP contribution < -0.4 is 10.0 Å². The zero-order valence-electron chi connectivity index (χ0n) is 17.3. The summed E-state index contributed by atoms with van der Waals surface area (Å²) in [6.07, 6.45) is 0.957. The van der Waals surface area contributed by atoms with Gasteiger partial charge in [0.1, 0.15) is 0 Å². The molecule has 6 heteroatoms. The molecule has 1 atom stereocenters. The van der Waals surface area contributed by atoms with Crippen LogP contribution in [0.1, 0.15) is 46.9 Å². The molecule has 30 heavy (non-hydrogen) atoms. The molecule has 0 bridgehead atoms. The lowest BCUT2D eigenvalue weighted by atomic mass is 10.0. The molecule has 5 nitrogen and oxygen atoms in total. The first kappa shape index (κ1) is 21.6. The SMILES string of the molecule is CCc1ccc([C@@H](C)NC(=O)c2ccc(C)c(S(=O)(=O)Nc3ccccc3)c2)cc1. The molecule has 0 saturated carbocycles. The van der Waals surface area contributed by atoms with Crippen molar-refractivity contribution in [3.05, 3.63) is 95.1 Å². The molecule has 0 fully saturated rings. The van der Waals surface area contributed by atoms with E-state index in [2.05, 4.69) is 17.0 Å². The van der Waals surface area contributed by atoms with Crippen molar-refractivity contribution in [3.63, 3.8) is 0 Å². The fraction of sp³-hybridized carbons (Fsp3) is 0.208. The number of benzene rings is 3. The van der Waals surface area contributed by atoms with Gasteiger partial charge in [-0.1, -0.05) is 55.5 Å². The summed E-state index contributed by atoms with van der Waals surface area (Å²) >= 11 is 0. The Morgan fingerprint density at radius 3 is 2.27 bits per heavy atom. The molecule has 0 radical (unpaired) electrons. The van der Waals surface area contributed by atoms with Gasteiger partial charge in [-0.3, -0.25) is 9.52 Å². The van der Waals surface area contributed by atoms with Crippen LogP contribution in [0.2, 0.25) is 0 Å². The molecule has 3 aromatic carbocycles. The Balaban J connectivity index is 1.80. The molecule has 3 rings (SSSR count). The van der Waals surface area contributed by atoms with Crippen LogP contribution in [-0.2, 0) is 16.4 Å². The lowest BCUT2D eigenvalue weighted by Crippen LogP contribution is -2.27. The minimum atomic E-state index is -3.82. The average Bonchev–Trinajstić information content (AvgIpc) is 2.74. The molecule has 0 aliphatic carbocycles. The van der Waals surface area contributed by atoms with E-state index >= 15 is 0 Å². The summed E-state index contributed by atoms with van der Waals surface area (Å²) in [7, 11) is -3.82. The summed E-state index contributed by atoms with van der Waals surface area (Å²) in [5, 5.41) is 2.94. The number of anilines is 1. The van der Waals surface area contributed by atoms with E-state index in [0.29, 0.717) is 16.8 Å². The molecule has 156 valence electrons. The first-order valence-electron chi connectivity index (χ1n) is 9.88. The molecular formula is C24H26N2O3S. The van der Waals surface area contributed by atoms with Gasteiger partial charge in [0, 0.05) is 11.3 Å². The number of rotatable bonds is 7. The highest BCUT2D eigenvalue weighted by Gasteiger charge is 2.20. The van der Waals surface area contributed by atoms with E-state index in [9.17, 15) is 13.2 Å². The molecule has 0 saturated heterocycles. The first-order chi connectivity index (χ1) is 14.3. The topological polar surface area (TPSA) is 75.3 Å². The molecule has 0 aromatic heterocycles. The molecule has 0 heterocycles. The van der Waals surface area contributed by atoms with Gasteiger partial charge in [-0.25, -0.2) is 8.42 Å². The normalized spacial score (nSPS) is 12.2. The van der Waals surface area contributed by atoms with E-state index in [-0.39, 0.29) is 16.8 Å². The number of sulfonamides is 1. The molecule has 1 amide bonds. The number of nitrogens with one attached hydrogen (secondary N) is 2. The van der Waals surface area contributed by atoms with Crippen LogP contribution in [0, 0.1) is 6.92 Å². The predicted molar refractivity (Wildman–Crippen MR) is 120 cm³/mol. The second-order valence-electron chi connectivity index (χ2n) is 7.24. The van der Waals surface area contributed by atoms with Gasteiger partial charge in [-0.2, -0.15) is 0 Å².